The molecular weight excluding hydrogens is 308 g/mol. The first-order valence-corrected chi connectivity index (χ1v) is 8.14. The van der Waals surface area contributed by atoms with Crippen molar-refractivity contribution in [1.82, 2.24) is 20.1 Å². The predicted octanol–water partition coefficient (Wildman–Crippen LogP) is 1.05. The summed E-state index contributed by atoms with van der Waals surface area (Å²) in [6.45, 7) is 1.37. The maximum Gasteiger partial charge on any atom is 0.251 e. The minimum atomic E-state index is -0.0682. The van der Waals surface area contributed by atoms with Gasteiger partial charge in [-0.2, -0.15) is 0 Å². The minimum Gasteiger partial charge on any atom is -0.384 e. The van der Waals surface area contributed by atoms with E-state index in [1.807, 2.05) is 24.3 Å². The molecule has 24 heavy (non-hydrogen) atoms. The predicted molar refractivity (Wildman–Crippen MR) is 85.8 cm³/mol. The molecule has 1 N–H and O–H groups in total. The van der Waals surface area contributed by atoms with Crippen LogP contribution in [0.15, 0.2) is 36.9 Å². The standard InChI is InChI=1S/C17H20N4O3/c1-23-8-14-15(13-5-6-24-16(13)14)20-17(22)11-3-2-4-12(7-11)21-9-18-19-10-21/h2-4,7,9-10,13-16H,5-6,8H2,1H3,(H,20,22)/t13-,14+,15+,16-/m0/s1. The fourth-order valence-corrected chi connectivity index (χ4v) is 3.81. The van der Waals surface area contributed by atoms with Crippen LogP contribution in [0.2, 0.25) is 0 Å². The maximum atomic E-state index is 12.7. The summed E-state index contributed by atoms with van der Waals surface area (Å²) >= 11 is 0. The van der Waals surface area contributed by atoms with Crippen LogP contribution >= 0.6 is 0 Å². The molecule has 4 rings (SSSR count). The number of nitrogens with one attached hydrogen (secondary N) is 1. The highest BCUT2D eigenvalue weighted by molar-refractivity contribution is 5.95. The van der Waals surface area contributed by atoms with E-state index in [-0.39, 0.29) is 24.0 Å². The zero-order valence-corrected chi connectivity index (χ0v) is 13.5. The molecule has 1 aromatic carbocycles. The maximum absolute atomic E-state index is 12.7. The van der Waals surface area contributed by atoms with E-state index in [1.165, 1.54) is 0 Å². The van der Waals surface area contributed by atoms with Crippen LogP contribution in [0.3, 0.4) is 0 Å². The van der Waals surface area contributed by atoms with Gasteiger partial charge in [0.15, 0.2) is 0 Å². The lowest BCUT2D eigenvalue weighted by Gasteiger charge is -2.47. The second-order valence-corrected chi connectivity index (χ2v) is 6.33. The van der Waals surface area contributed by atoms with Crippen LogP contribution < -0.4 is 5.32 Å². The summed E-state index contributed by atoms with van der Waals surface area (Å²) in [5.41, 5.74) is 1.48. The monoisotopic (exact) mass is 328 g/mol. The number of nitrogens with zero attached hydrogens (tertiary/aromatic N) is 3. The van der Waals surface area contributed by atoms with Gasteiger partial charge in [0.25, 0.3) is 5.91 Å². The number of rotatable bonds is 5. The van der Waals surface area contributed by atoms with Gasteiger partial charge < -0.3 is 14.8 Å². The Hall–Kier alpha value is -2.25. The zero-order valence-electron chi connectivity index (χ0n) is 13.5. The van der Waals surface area contributed by atoms with Crippen LogP contribution in [0.1, 0.15) is 16.8 Å². The molecule has 0 bridgehead atoms. The van der Waals surface area contributed by atoms with E-state index in [4.69, 9.17) is 9.47 Å². The minimum absolute atomic E-state index is 0.0682. The molecule has 0 spiro atoms. The number of fused-ring (bicyclic) bond motifs is 1. The van der Waals surface area contributed by atoms with Crippen molar-refractivity contribution in [2.24, 2.45) is 11.8 Å². The number of ether oxygens (including phenoxy) is 2. The molecule has 0 radical (unpaired) electrons. The number of aromatic nitrogens is 3. The Labute approximate surface area is 140 Å². The van der Waals surface area contributed by atoms with Crippen LogP contribution in [0.4, 0.5) is 0 Å². The molecule has 1 amide bonds. The largest absolute Gasteiger partial charge is 0.384 e. The third-order valence-corrected chi connectivity index (χ3v) is 5.01. The van der Waals surface area contributed by atoms with E-state index in [1.54, 1.807) is 24.3 Å². The fourth-order valence-electron chi connectivity index (χ4n) is 3.81. The molecule has 2 aliphatic rings. The first-order chi connectivity index (χ1) is 11.8. The van der Waals surface area contributed by atoms with Crippen LogP contribution in [-0.2, 0) is 9.47 Å². The first kappa shape index (κ1) is 15.3. The molecule has 2 fully saturated rings. The van der Waals surface area contributed by atoms with Crippen molar-refractivity contribution in [2.45, 2.75) is 18.6 Å². The zero-order chi connectivity index (χ0) is 16.5. The number of hydrogen-bond acceptors (Lipinski definition) is 5. The van der Waals surface area contributed by atoms with Crippen LogP contribution in [0, 0.1) is 11.8 Å². The topological polar surface area (TPSA) is 78.3 Å². The molecule has 0 unspecified atom stereocenters. The molecule has 1 saturated heterocycles. The molecule has 7 heteroatoms. The van der Waals surface area contributed by atoms with Gasteiger partial charge in [0.05, 0.1) is 12.7 Å². The van der Waals surface area contributed by atoms with Gasteiger partial charge in [-0.05, 0) is 24.6 Å². The summed E-state index contributed by atoms with van der Waals surface area (Å²) in [6.07, 6.45) is 4.44. The molecular formula is C17H20N4O3. The summed E-state index contributed by atoms with van der Waals surface area (Å²) in [5, 5.41) is 10.8. The van der Waals surface area contributed by atoms with Gasteiger partial charge in [-0.1, -0.05) is 6.07 Å². The van der Waals surface area contributed by atoms with E-state index >= 15 is 0 Å². The van der Waals surface area contributed by atoms with Crippen molar-refractivity contribution in [3.05, 3.63) is 42.5 Å². The Morgan fingerprint density at radius 3 is 3.04 bits per heavy atom. The van der Waals surface area contributed by atoms with Crippen molar-refractivity contribution < 1.29 is 14.3 Å². The van der Waals surface area contributed by atoms with Gasteiger partial charge in [0.2, 0.25) is 0 Å². The molecule has 2 heterocycles. The average Bonchev–Trinajstić information content (AvgIpc) is 3.27. The van der Waals surface area contributed by atoms with E-state index in [0.717, 1.165) is 18.7 Å². The number of methoxy groups -OCH3 is 1. The molecule has 7 nitrogen and oxygen atoms in total. The average molecular weight is 328 g/mol. The van der Waals surface area contributed by atoms with Gasteiger partial charge in [-0.25, -0.2) is 0 Å². The lowest BCUT2D eigenvalue weighted by Crippen LogP contribution is -2.62. The second kappa shape index (κ2) is 6.33. The van der Waals surface area contributed by atoms with Crippen molar-refractivity contribution in [1.29, 1.82) is 0 Å². The van der Waals surface area contributed by atoms with Crippen molar-refractivity contribution in [2.75, 3.05) is 20.3 Å². The number of hydrogen-bond donors (Lipinski definition) is 1. The van der Waals surface area contributed by atoms with Crippen LogP contribution in [0.5, 0.6) is 0 Å². The molecule has 126 valence electrons. The highest BCUT2D eigenvalue weighted by Gasteiger charge is 2.54. The SMILES string of the molecule is COC[C@@H]1[C@H](NC(=O)c2cccc(-n3cnnc3)c2)[C@@H]2CCO[C@H]12. The number of carbonyl (C=O) groups is 1. The summed E-state index contributed by atoms with van der Waals surface area (Å²) in [5.74, 6) is 0.559. The molecule has 1 saturated carbocycles. The summed E-state index contributed by atoms with van der Waals surface area (Å²) in [6, 6.07) is 7.54. The molecule has 1 aliphatic carbocycles. The Morgan fingerprint density at radius 1 is 1.42 bits per heavy atom. The van der Waals surface area contributed by atoms with E-state index < -0.39 is 0 Å². The van der Waals surface area contributed by atoms with Gasteiger partial charge in [0, 0.05) is 42.8 Å². The first-order valence-electron chi connectivity index (χ1n) is 8.14. The van der Waals surface area contributed by atoms with E-state index in [2.05, 4.69) is 15.5 Å². The van der Waals surface area contributed by atoms with Gasteiger partial charge in [-0.3, -0.25) is 9.36 Å². The fraction of sp³-hybridized carbons (Fsp3) is 0.471. The highest BCUT2D eigenvalue weighted by Crippen LogP contribution is 2.43. The van der Waals surface area contributed by atoms with Crippen molar-refractivity contribution >= 4 is 5.91 Å². The summed E-state index contributed by atoms with van der Waals surface area (Å²) in [4.78, 5) is 12.7. The normalized spacial score (nSPS) is 28.2. The van der Waals surface area contributed by atoms with Gasteiger partial charge >= 0.3 is 0 Å². The Balaban J connectivity index is 1.49. The lowest BCUT2D eigenvalue weighted by atomic mass is 9.67. The van der Waals surface area contributed by atoms with E-state index in [9.17, 15) is 4.79 Å². The van der Waals surface area contributed by atoms with Gasteiger partial charge in [-0.15, -0.1) is 10.2 Å². The Kier molecular flexibility index (Phi) is 4.03. The molecule has 2 aromatic rings. The third-order valence-electron chi connectivity index (χ3n) is 5.01. The molecule has 1 aliphatic heterocycles. The Bertz CT molecular complexity index is 718. The van der Waals surface area contributed by atoms with Gasteiger partial charge in [0.1, 0.15) is 12.7 Å². The van der Waals surface area contributed by atoms with Crippen molar-refractivity contribution in [3.8, 4) is 5.69 Å². The van der Waals surface area contributed by atoms with Crippen LogP contribution in [0.25, 0.3) is 5.69 Å². The van der Waals surface area contributed by atoms with Crippen molar-refractivity contribution in [3.63, 3.8) is 0 Å². The summed E-state index contributed by atoms with van der Waals surface area (Å²) < 4.78 is 12.8. The number of benzene rings is 1. The second-order valence-electron chi connectivity index (χ2n) is 6.33. The Morgan fingerprint density at radius 2 is 2.25 bits per heavy atom. The quantitative estimate of drug-likeness (QED) is 0.887. The third kappa shape index (κ3) is 2.59. The molecule has 1 aromatic heterocycles. The number of carbonyl (C=O) groups excluding carboxylic acids is 1. The lowest BCUT2D eigenvalue weighted by molar-refractivity contribution is -0.0809. The summed E-state index contributed by atoms with van der Waals surface area (Å²) in [7, 11) is 1.68. The van der Waals surface area contributed by atoms with E-state index in [0.29, 0.717) is 18.1 Å². The smallest absolute Gasteiger partial charge is 0.251 e. The highest BCUT2D eigenvalue weighted by atomic mass is 16.5. The number of amides is 1. The molecule has 4 atom stereocenters. The van der Waals surface area contributed by atoms with Crippen LogP contribution in [-0.4, -0.2) is 53.1 Å².